The third kappa shape index (κ3) is 4.73. The summed E-state index contributed by atoms with van der Waals surface area (Å²) in [6, 6.07) is 11.2. The van der Waals surface area contributed by atoms with E-state index in [9.17, 15) is 21.6 Å². The smallest absolute Gasteiger partial charge is 0.422 e. The largest absolute Gasteiger partial charge is 0.482 e. The van der Waals surface area contributed by atoms with Crippen LogP contribution >= 0.6 is 0 Å². The average molecular weight is 399 g/mol. The van der Waals surface area contributed by atoms with E-state index in [1.807, 2.05) is 0 Å². The van der Waals surface area contributed by atoms with Crippen molar-refractivity contribution < 1.29 is 26.3 Å². The number of halogens is 3. The lowest BCUT2D eigenvalue weighted by Gasteiger charge is -2.15. The molecule has 2 aromatic carbocycles. The Kier molecular flexibility index (Phi) is 4.99. The van der Waals surface area contributed by atoms with Gasteiger partial charge in [0.2, 0.25) is 0 Å². The maximum Gasteiger partial charge on any atom is 0.422 e. The number of alkyl halides is 3. The molecule has 0 aliphatic rings. The fraction of sp³-hybridized carbons (Fsp3) is 0.133. The van der Waals surface area contributed by atoms with Crippen LogP contribution in [0.3, 0.4) is 0 Å². The molecule has 0 unspecified atom stereocenters. The highest BCUT2D eigenvalue weighted by Crippen LogP contribution is 2.28. The summed E-state index contributed by atoms with van der Waals surface area (Å²) < 4.78 is 70.5. The van der Waals surface area contributed by atoms with Gasteiger partial charge in [0.25, 0.3) is 10.0 Å². The first-order valence-corrected chi connectivity index (χ1v) is 8.88. The van der Waals surface area contributed by atoms with E-state index in [1.54, 1.807) is 6.07 Å². The molecule has 0 saturated carbocycles. The van der Waals surface area contributed by atoms with Gasteiger partial charge in [-0.3, -0.25) is 4.72 Å². The number of rotatable bonds is 6. The Bertz CT molecular complexity index is 1020. The minimum atomic E-state index is -4.55. The molecule has 12 heteroatoms. The molecule has 0 amide bonds. The molecule has 0 fully saturated rings. The van der Waals surface area contributed by atoms with E-state index in [0.29, 0.717) is 5.69 Å². The van der Waals surface area contributed by atoms with Crippen molar-refractivity contribution in [1.29, 1.82) is 0 Å². The highest BCUT2D eigenvalue weighted by atomic mass is 32.2. The summed E-state index contributed by atoms with van der Waals surface area (Å²) in [6.07, 6.45) is -3.26. The first-order chi connectivity index (χ1) is 12.7. The van der Waals surface area contributed by atoms with Crippen LogP contribution in [0.15, 0.2) is 59.8 Å². The van der Waals surface area contributed by atoms with Gasteiger partial charge in [-0.25, -0.2) is 13.1 Å². The van der Waals surface area contributed by atoms with Gasteiger partial charge in [-0.2, -0.15) is 13.2 Å². The Hall–Kier alpha value is -3.15. The molecule has 8 nitrogen and oxygen atoms in total. The summed E-state index contributed by atoms with van der Waals surface area (Å²) in [5.41, 5.74) is 0.277. The normalized spacial score (nSPS) is 12.0. The van der Waals surface area contributed by atoms with Gasteiger partial charge in [0, 0.05) is 0 Å². The minimum absolute atomic E-state index is 0.116. The molecule has 0 aliphatic carbocycles. The van der Waals surface area contributed by atoms with E-state index >= 15 is 0 Å². The predicted octanol–water partition coefficient (Wildman–Crippen LogP) is 2.40. The van der Waals surface area contributed by atoms with Crippen molar-refractivity contribution in [2.75, 3.05) is 11.3 Å². The van der Waals surface area contributed by atoms with Gasteiger partial charge in [0.05, 0.1) is 16.3 Å². The lowest BCUT2D eigenvalue weighted by Crippen LogP contribution is -2.20. The van der Waals surface area contributed by atoms with Crippen LogP contribution in [0.5, 0.6) is 5.75 Å². The summed E-state index contributed by atoms with van der Waals surface area (Å²) in [4.78, 5) is -0.124. The summed E-state index contributed by atoms with van der Waals surface area (Å²) >= 11 is 0. The molecule has 3 aromatic rings. The first kappa shape index (κ1) is 18.6. The number of nitrogens with zero attached hydrogens (tertiary/aromatic N) is 4. The quantitative estimate of drug-likeness (QED) is 0.683. The Labute approximate surface area is 151 Å². The zero-order chi connectivity index (χ0) is 19.5. The molecule has 3 rings (SSSR count). The number of sulfonamides is 1. The second-order valence-corrected chi connectivity index (χ2v) is 6.94. The van der Waals surface area contributed by atoms with Crippen LogP contribution < -0.4 is 9.46 Å². The average Bonchev–Trinajstić information content (AvgIpc) is 3.15. The lowest BCUT2D eigenvalue weighted by molar-refractivity contribution is -0.153. The number of nitrogens with one attached hydrogen (secondary N) is 1. The zero-order valence-electron chi connectivity index (χ0n) is 13.5. The summed E-state index contributed by atoms with van der Waals surface area (Å²) in [7, 11) is -4.10. The molecule has 0 aliphatic heterocycles. The van der Waals surface area contributed by atoms with E-state index < -0.39 is 22.8 Å². The Morgan fingerprint density at radius 1 is 1.11 bits per heavy atom. The fourth-order valence-electron chi connectivity index (χ4n) is 2.11. The number of aromatic nitrogens is 4. The number of tetrazole rings is 1. The van der Waals surface area contributed by atoms with Crippen molar-refractivity contribution in [2.24, 2.45) is 0 Å². The maximum atomic E-state index is 12.6. The first-order valence-electron chi connectivity index (χ1n) is 7.39. The van der Waals surface area contributed by atoms with Crippen LogP contribution in [0.4, 0.5) is 18.9 Å². The summed E-state index contributed by atoms with van der Waals surface area (Å²) in [5, 5.41) is 10.6. The second-order valence-electron chi connectivity index (χ2n) is 5.26. The molecule has 0 saturated heterocycles. The number of para-hydroxylation sites is 2. The van der Waals surface area contributed by atoms with Gasteiger partial charge in [0.15, 0.2) is 6.61 Å². The van der Waals surface area contributed by atoms with Gasteiger partial charge in [0.1, 0.15) is 12.1 Å². The van der Waals surface area contributed by atoms with Gasteiger partial charge >= 0.3 is 6.18 Å². The summed E-state index contributed by atoms with van der Waals surface area (Å²) in [6.45, 7) is -1.54. The van der Waals surface area contributed by atoms with Gasteiger partial charge < -0.3 is 4.74 Å². The van der Waals surface area contributed by atoms with Crippen LogP contribution in [0.25, 0.3) is 5.69 Å². The van der Waals surface area contributed by atoms with Crippen LogP contribution in [0, 0.1) is 0 Å². The van der Waals surface area contributed by atoms with Crippen molar-refractivity contribution >= 4 is 15.7 Å². The van der Waals surface area contributed by atoms with Crippen molar-refractivity contribution in [3.05, 3.63) is 54.9 Å². The Balaban J connectivity index is 1.86. The molecule has 1 N–H and O–H groups in total. The number of benzene rings is 2. The fourth-order valence-corrected chi connectivity index (χ4v) is 3.22. The molecule has 27 heavy (non-hydrogen) atoms. The van der Waals surface area contributed by atoms with E-state index in [2.05, 4.69) is 25.0 Å². The third-order valence-electron chi connectivity index (χ3n) is 3.26. The predicted molar refractivity (Wildman–Crippen MR) is 88.0 cm³/mol. The maximum absolute atomic E-state index is 12.6. The van der Waals surface area contributed by atoms with E-state index in [-0.39, 0.29) is 16.3 Å². The monoisotopic (exact) mass is 399 g/mol. The SMILES string of the molecule is O=S(=O)(Nc1ccccc1OCC(F)(F)F)c1cccc(-n2cnnn2)c1. The molecule has 1 heterocycles. The minimum Gasteiger partial charge on any atom is -0.482 e. The van der Waals surface area contributed by atoms with Crippen molar-refractivity contribution in [3.8, 4) is 11.4 Å². The van der Waals surface area contributed by atoms with Crippen LogP contribution in [0.2, 0.25) is 0 Å². The Morgan fingerprint density at radius 3 is 2.59 bits per heavy atom. The van der Waals surface area contributed by atoms with E-state index in [4.69, 9.17) is 0 Å². The molecule has 0 radical (unpaired) electrons. The van der Waals surface area contributed by atoms with Gasteiger partial charge in [-0.15, -0.1) is 5.10 Å². The van der Waals surface area contributed by atoms with E-state index in [1.165, 1.54) is 53.5 Å². The van der Waals surface area contributed by atoms with Crippen molar-refractivity contribution in [3.63, 3.8) is 0 Å². The highest BCUT2D eigenvalue weighted by Gasteiger charge is 2.29. The van der Waals surface area contributed by atoms with Crippen LogP contribution in [-0.2, 0) is 10.0 Å². The van der Waals surface area contributed by atoms with Crippen molar-refractivity contribution in [1.82, 2.24) is 20.2 Å². The standard InChI is InChI=1S/C15H12F3N5O3S/c16-15(17,18)9-26-14-7-2-1-6-13(14)20-27(24,25)12-5-3-4-11(8-12)23-10-19-21-22-23/h1-8,10,20H,9H2. The molecular weight excluding hydrogens is 387 g/mol. The molecule has 0 bridgehead atoms. The Morgan fingerprint density at radius 2 is 1.89 bits per heavy atom. The number of hydrogen-bond acceptors (Lipinski definition) is 6. The van der Waals surface area contributed by atoms with Gasteiger partial charge in [-0.05, 0) is 40.8 Å². The molecule has 0 atom stereocenters. The topological polar surface area (TPSA) is 99.0 Å². The second kappa shape index (κ2) is 7.23. The zero-order valence-corrected chi connectivity index (χ0v) is 14.3. The lowest BCUT2D eigenvalue weighted by atomic mass is 10.3. The molecule has 0 spiro atoms. The molecule has 142 valence electrons. The molecule has 1 aromatic heterocycles. The van der Waals surface area contributed by atoms with Gasteiger partial charge in [-0.1, -0.05) is 18.2 Å². The number of ether oxygens (including phenoxy) is 1. The van der Waals surface area contributed by atoms with Crippen LogP contribution in [-0.4, -0.2) is 41.4 Å². The third-order valence-corrected chi connectivity index (χ3v) is 4.63. The van der Waals surface area contributed by atoms with Crippen molar-refractivity contribution in [2.45, 2.75) is 11.1 Å². The number of hydrogen-bond donors (Lipinski definition) is 1. The molecular formula is C15H12F3N5O3S. The van der Waals surface area contributed by atoms with Crippen LogP contribution in [0.1, 0.15) is 0 Å². The highest BCUT2D eigenvalue weighted by molar-refractivity contribution is 7.92. The summed E-state index contributed by atoms with van der Waals surface area (Å²) in [5.74, 6) is -0.241. The number of anilines is 1. The van der Waals surface area contributed by atoms with E-state index in [0.717, 1.165) is 0 Å².